The molecule has 2 aromatic carbocycles. The van der Waals surface area contributed by atoms with Crippen LogP contribution in [0.4, 0.5) is 0 Å². The summed E-state index contributed by atoms with van der Waals surface area (Å²) in [4.78, 5) is 4.51. The normalized spacial score (nSPS) is 12.1. The smallest absolute Gasteiger partial charge is 0.239 e. The number of nitrogens with zero attached hydrogens (tertiary/aromatic N) is 5. The molecule has 0 spiro atoms. The Labute approximate surface area is 189 Å². The van der Waals surface area contributed by atoms with Crippen LogP contribution in [0, 0.1) is 0 Å². The second-order valence-electron chi connectivity index (χ2n) is 6.88. The summed E-state index contributed by atoms with van der Waals surface area (Å²) < 4.78 is 13.0. The number of aromatic nitrogens is 5. The van der Waals surface area contributed by atoms with Gasteiger partial charge in [0.1, 0.15) is 5.75 Å². The lowest BCUT2D eigenvalue weighted by atomic mass is 10.2. The Balaban J connectivity index is 1.75. The monoisotopic (exact) mass is 455 g/mol. The van der Waals surface area contributed by atoms with Gasteiger partial charge in [0.15, 0.2) is 16.8 Å². The Morgan fingerprint density at radius 1 is 1.13 bits per heavy atom. The van der Waals surface area contributed by atoms with Crippen LogP contribution < -0.4 is 4.74 Å². The number of aryl methyl sites for hydroxylation is 1. The molecule has 1 atom stereocenters. The molecular formula is C22H22ClN5O2S. The third-order valence-corrected chi connectivity index (χ3v) is 5.94. The van der Waals surface area contributed by atoms with Gasteiger partial charge in [-0.2, -0.15) is 4.98 Å². The van der Waals surface area contributed by atoms with Crippen molar-refractivity contribution < 1.29 is 9.26 Å². The maximum absolute atomic E-state index is 6.12. The molecule has 31 heavy (non-hydrogen) atoms. The molecule has 7 nitrogen and oxygen atoms in total. The summed E-state index contributed by atoms with van der Waals surface area (Å²) in [6.07, 6.45) is 1.76. The van der Waals surface area contributed by atoms with E-state index in [0.29, 0.717) is 21.9 Å². The van der Waals surface area contributed by atoms with Gasteiger partial charge in [0.2, 0.25) is 5.89 Å². The van der Waals surface area contributed by atoms with Gasteiger partial charge in [0.25, 0.3) is 0 Å². The summed E-state index contributed by atoms with van der Waals surface area (Å²) >= 11 is 7.62. The number of hydrogen-bond acceptors (Lipinski definition) is 7. The molecule has 0 aliphatic heterocycles. The van der Waals surface area contributed by atoms with E-state index in [9.17, 15) is 0 Å². The minimum Gasteiger partial charge on any atom is -0.496 e. The summed E-state index contributed by atoms with van der Waals surface area (Å²) in [7, 11) is 1.64. The van der Waals surface area contributed by atoms with Crippen molar-refractivity contribution in [3.05, 3.63) is 65.3 Å². The highest BCUT2D eigenvalue weighted by atomic mass is 35.5. The first-order valence-electron chi connectivity index (χ1n) is 9.94. The summed E-state index contributed by atoms with van der Waals surface area (Å²) in [6.45, 7) is 4.10. The number of methoxy groups -OCH3 is 1. The number of halogens is 1. The molecule has 2 heterocycles. The number of para-hydroxylation sites is 1. The van der Waals surface area contributed by atoms with Gasteiger partial charge in [-0.05, 0) is 49.7 Å². The van der Waals surface area contributed by atoms with Crippen molar-refractivity contribution in [1.82, 2.24) is 24.9 Å². The molecule has 0 aliphatic rings. The number of rotatable bonds is 8. The van der Waals surface area contributed by atoms with Gasteiger partial charge in [-0.25, -0.2) is 0 Å². The van der Waals surface area contributed by atoms with E-state index in [2.05, 4.69) is 27.3 Å². The topological polar surface area (TPSA) is 78.9 Å². The zero-order valence-electron chi connectivity index (χ0n) is 17.4. The van der Waals surface area contributed by atoms with Gasteiger partial charge >= 0.3 is 0 Å². The van der Waals surface area contributed by atoms with Gasteiger partial charge in [-0.3, -0.25) is 4.57 Å². The van der Waals surface area contributed by atoms with E-state index >= 15 is 0 Å². The van der Waals surface area contributed by atoms with Crippen LogP contribution in [0.15, 0.2) is 58.2 Å². The quantitative estimate of drug-likeness (QED) is 0.311. The zero-order chi connectivity index (χ0) is 21.8. The first-order chi connectivity index (χ1) is 15.1. The Morgan fingerprint density at radius 3 is 2.65 bits per heavy atom. The lowest BCUT2D eigenvalue weighted by Crippen LogP contribution is -2.02. The van der Waals surface area contributed by atoms with Crippen LogP contribution >= 0.6 is 23.4 Å². The third kappa shape index (κ3) is 4.60. The fourth-order valence-corrected chi connectivity index (χ4v) is 4.16. The predicted octanol–water partition coefficient (Wildman–Crippen LogP) is 5.79. The molecule has 9 heteroatoms. The van der Waals surface area contributed by atoms with Crippen molar-refractivity contribution in [2.75, 3.05) is 7.11 Å². The van der Waals surface area contributed by atoms with Crippen LogP contribution in [0.5, 0.6) is 5.75 Å². The van der Waals surface area contributed by atoms with Crippen molar-refractivity contribution >= 4 is 23.4 Å². The number of thioether (sulfide) groups is 1. The molecule has 0 fully saturated rings. The van der Waals surface area contributed by atoms with Crippen LogP contribution in [0.2, 0.25) is 5.02 Å². The summed E-state index contributed by atoms with van der Waals surface area (Å²) in [5.41, 5.74) is 1.73. The fraction of sp³-hybridized carbons (Fsp3) is 0.273. The number of benzene rings is 2. The summed E-state index contributed by atoms with van der Waals surface area (Å²) in [5.74, 6) is 2.68. The molecule has 160 valence electrons. The van der Waals surface area contributed by atoms with Gasteiger partial charge in [-0.15, -0.1) is 10.2 Å². The molecule has 0 bridgehead atoms. The molecule has 0 saturated heterocycles. The minimum absolute atomic E-state index is 0.0983. The average molecular weight is 456 g/mol. The van der Waals surface area contributed by atoms with Crippen LogP contribution in [0.3, 0.4) is 0 Å². The van der Waals surface area contributed by atoms with E-state index in [0.717, 1.165) is 35.7 Å². The Kier molecular flexibility index (Phi) is 6.58. The van der Waals surface area contributed by atoms with Gasteiger partial charge in [-0.1, -0.05) is 47.6 Å². The van der Waals surface area contributed by atoms with E-state index in [-0.39, 0.29) is 5.25 Å². The summed E-state index contributed by atoms with van der Waals surface area (Å²) in [5, 5.41) is 14.3. The van der Waals surface area contributed by atoms with Crippen molar-refractivity contribution in [2.45, 2.75) is 37.1 Å². The standard InChI is InChI=1S/C22H22ClN5O2S/c1-4-7-19-24-21(30-27-19)14(2)31-22-26-25-20(17-8-5-6-9-18(17)29-3)28(22)16-12-10-15(23)11-13-16/h5-6,8-14H,4,7H2,1-3H3. The van der Waals surface area contributed by atoms with Crippen LogP contribution in [0.25, 0.3) is 17.1 Å². The molecule has 4 aromatic rings. The van der Waals surface area contributed by atoms with Gasteiger partial charge in [0, 0.05) is 17.1 Å². The molecule has 0 N–H and O–H groups in total. The van der Waals surface area contributed by atoms with Crippen molar-refractivity contribution in [3.63, 3.8) is 0 Å². The van der Waals surface area contributed by atoms with Crippen LogP contribution in [0.1, 0.15) is 37.2 Å². The van der Waals surface area contributed by atoms with Gasteiger partial charge < -0.3 is 9.26 Å². The number of ether oxygens (including phenoxy) is 1. The fourth-order valence-electron chi connectivity index (χ4n) is 3.14. The second kappa shape index (κ2) is 9.53. The molecule has 0 radical (unpaired) electrons. The summed E-state index contributed by atoms with van der Waals surface area (Å²) in [6, 6.07) is 15.3. The molecule has 0 aliphatic carbocycles. The van der Waals surface area contributed by atoms with Crippen molar-refractivity contribution in [1.29, 1.82) is 0 Å². The molecule has 4 rings (SSSR count). The first kappa shape index (κ1) is 21.4. The van der Waals surface area contributed by atoms with E-state index in [1.54, 1.807) is 7.11 Å². The highest BCUT2D eigenvalue weighted by Gasteiger charge is 2.23. The minimum atomic E-state index is -0.0983. The SMILES string of the molecule is CCCc1noc(C(C)Sc2nnc(-c3ccccc3OC)n2-c2ccc(Cl)cc2)n1. The first-order valence-corrected chi connectivity index (χ1v) is 11.2. The Morgan fingerprint density at radius 2 is 1.90 bits per heavy atom. The molecule has 1 unspecified atom stereocenters. The molecule has 0 amide bonds. The molecule has 2 aromatic heterocycles. The van der Waals surface area contributed by atoms with Gasteiger partial charge in [0.05, 0.1) is 17.9 Å². The maximum atomic E-state index is 6.12. The van der Waals surface area contributed by atoms with Crippen molar-refractivity contribution in [3.8, 4) is 22.8 Å². The molecular weight excluding hydrogens is 434 g/mol. The highest BCUT2D eigenvalue weighted by molar-refractivity contribution is 7.99. The Hall–Kier alpha value is -2.84. The van der Waals surface area contributed by atoms with Crippen LogP contribution in [-0.4, -0.2) is 32.0 Å². The largest absolute Gasteiger partial charge is 0.496 e. The van der Waals surface area contributed by atoms with E-state index in [1.165, 1.54) is 11.8 Å². The average Bonchev–Trinajstić information content (AvgIpc) is 3.42. The number of hydrogen-bond donors (Lipinski definition) is 0. The third-order valence-electron chi connectivity index (χ3n) is 4.65. The van der Waals surface area contributed by atoms with E-state index in [4.69, 9.17) is 20.9 Å². The lowest BCUT2D eigenvalue weighted by molar-refractivity contribution is 0.374. The highest BCUT2D eigenvalue weighted by Crippen LogP contribution is 2.38. The van der Waals surface area contributed by atoms with E-state index < -0.39 is 0 Å². The van der Waals surface area contributed by atoms with Crippen molar-refractivity contribution in [2.24, 2.45) is 0 Å². The van der Waals surface area contributed by atoms with Crippen LogP contribution in [-0.2, 0) is 6.42 Å². The zero-order valence-corrected chi connectivity index (χ0v) is 19.0. The Bertz CT molecular complexity index is 1160. The predicted molar refractivity (Wildman–Crippen MR) is 121 cm³/mol. The second-order valence-corrected chi connectivity index (χ2v) is 8.62. The molecule has 0 saturated carbocycles. The van der Waals surface area contributed by atoms with E-state index in [1.807, 2.05) is 60.0 Å². The lowest BCUT2D eigenvalue weighted by Gasteiger charge is -2.13. The maximum Gasteiger partial charge on any atom is 0.239 e.